The van der Waals surface area contributed by atoms with Crippen molar-refractivity contribution in [3.8, 4) is 22.6 Å². The van der Waals surface area contributed by atoms with Gasteiger partial charge in [-0.05, 0) is 89.5 Å². The molecule has 7 rings (SSSR count). The lowest BCUT2D eigenvalue weighted by Gasteiger charge is -2.18. The van der Waals surface area contributed by atoms with Crippen molar-refractivity contribution in [2.75, 3.05) is 30.4 Å². The Morgan fingerprint density at radius 2 is 1.16 bits per heavy atom. The molecule has 0 unspecified atom stereocenters. The molecule has 5 aromatic rings. The summed E-state index contributed by atoms with van der Waals surface area (Å²) in [6.07, 6.45) is 1.90. The van der Waals surface area contributed by atoms with E-state index in [1.165, 1.54) is 32.4 Å². The Hall–Kier alpha value is -7.01. The molecular weight excluding hydrogens is 855 g/mol. The van der Waals surface area contributed by atoms with Gasteiger partial charge >= 0.3 is 0 Å². The predicted octanol–water partition coefficient (Wildman–Crippen LogP) is 6.15. The molecule has 21 heteroatoms. The fourth-order valence-corrected chi connectivity index (χ4v) is 8.53. The van der Waals surface area contributed by atoms with Crippen LogP contribution in [0.3, 0.4) is 0 Å². The maximum Gasteiger partial charge on any atom is 0.296 e. The molecule has 2 aliphatic rings. The molecule has 0 atom stereocenters. The van der Waals surface area contributed by atoms with Gasteiger partial charge in [-0.3, -0.25) is 34.1 Å². The van der Waals surface area contributed by atoms with Gasteiger partial charge in [-0.25, -0.2) is 0 Å². The molecule has 0 aliphatic heterocycles. The molecule has 5 aromatic carbocycles. The number of methoxy groups -OCH3 is 2. The predicted molar refractivity (Wildman–Crippen MR) is 227 cm³/mol. The van der Waals surface area contributed by atoms with Gasteiger partial charge in [-0.15, -0.1) is 0 Å². The molecular formula is C40H31N5O13S3. The molecule has 0 aromatic heterocycles. The number of fused-ring (bicyclic) bond motifs is 2. The summed E-state index contributed by atoms with van der Waals surface area (Å²) in [7, 11) is -12.3. The van der Waals surface area contributed by atoms with E-state index in [0.717, 1.165) is 36.0 Å². The van der Waals surface area contributed by atoms with E-state index in [-0.39, 0.29) is 34.0 Å². The van der Waals surface area contributed by atoms with Crippen LogP contribution in [0.5, 0.6) is 11.5 Å². The second-order valence-electron chi connectivity index (χ2n) is 13.1. The number of rotatable bonds is 12. The van der Waals surface area contributed by atoms with Gasteiger partial charge < -0.3 is 14.8 Å². The number of para-hydroxylation sites is 1. The first-order valence-corrected chi connectivity index (χ1v) is 21.8. The minimum atomic E-state index is -5.02. The number of ether oxygens (including phenoxy) is 2. The van der Waals surface area contributed by atoms with Crippen LogP contribution in [0.4, 0.5) is 22.7 Å². The number of ketones is 2. The van der Waals surface area contributed by atoms with E-state index in [2.05, 4.69) is 26.4 Å². The van der Waals surface area contributed by atoms with Gasteiger partial charge in [0.2, 0.25) is 11.6 Å². The van der Waals surface area contributed by atoms with Crippen molar-refractivity contribution in [3.05, 3.63) is 136 Å². The Kier molecular flexibility index (Phi) is 11.2. The van der Waals surface area contributed by atoms with Crippen molar-refractivity contribution >= 4 is 87.1 Å². The number of nitrogens with one attached hydrogen (secondary N) is 3. The third-order valence-corrected chi connectivity index (χ3v) is 11.9. The first kappa shape index (κ1) is 42.1. The highest BCUT2D eigenvalue weighted by molar-refractivity contribution is 7.95. The van der Waals surface area contributed by atoms with E-state index in [1.54, 1.807) is 36.4 Å². The Bertz CT molecular complexity index is 3150. The molecule has 0 saturated heterocycles. The summed E-state index contributed by atoms with van der Waals surface area (Å²) >= 11 is 0. The zero-order chi connectivity index (χ0) is 43.9. The Morgan fingerprint density at radius 1 is 0.557 bits per heavy atom. The van der Waals surface area contributed by atoms with Crippen molar-refractivity contribution < 1.29 is 58.0 Å². The first-order valence-electron chi connectivity index (χ1n) is 17.5. The monoisotopic (exact) mass is 885 g/mol. The molecule has 18 nitrogen and oxygen atoms in total. The van der Waals surface area contributed by atoms with E-state index >= 15 is 0 Å². The minimum Gasteiger partial charge on any atom is -0.494 e. The SMILES string of the molecule is COc1cc(-c2ccc(N/N=C3\C(=O)c4ccc(Nc5ccccc5)cc4C=C3S(=O)(=O)O)c(OC)c2)ccc1N/N=C1\C=C(S(=O)(=O)O)c2cccc(S(=O)(=O)O)c2C1=O. The average molecular weight is 886 g/mol. The van der Waals surface area contributed by atoms with Gasteiger partial charge in [-0.2, -0.15) is 35.5 Å². The highest BCUT2D eigenvalue weighted by atomic mass is 32.2. The number of Topliss-reactive ketones (excluding diaryl/α,β-unsaturated/α-hetero) is 2. The van der Waals surface area contributed by atoms with Crippen molar-refractivity contribution in [2.24, 2.45) is 10.2 Å². The summed E-state index contributed by atoms with van der Waals surface area (Å²) < 4.78 is 114. The van der Waals surface area contributed by atoms with Crippen LogP contribution in [0.15, 0.2) is 129 Å². The molecule has 0 fully saturated rings. The third-order valence-electron chi connectivity index (χ3n) is 9.27. The molecule has 61 heavy (non-hydrogen) atoms. The molecule has 0 saturated carbocycles. The second-order valence-corrected chi connectivity index (χ2v) is 17.3. The number of hydrogen-bond acceptors (Lipinski definition) is 15. The molecule has 0 bridgehead atoms. The normalized spacial score (nSPS) is 15.4. The summed E-state index contributed by atoms with van der Waals surface area (Å²) in [5.41, 5.74) is 6.10. The Labute approximate surface area is 348 Å². The standard InChI is InChI=1S/C40H31N5O13S3/c1-57-32-18-22(11-15-29(32)42-44-31-21-35(60(51,52)53)28-9-6-10-34(59(48,49)50)37(28)40(31)47)23-12-16-30(33(19-23)58-2)43-45-38-36(61(54,55)56)20-24-17-26(13-14-27(24)39(38)46)41-25-7-4-3-5-8-25/h3-21,41-43H,1-2H3,(H,48,49,50)(H,51,52,53)(H,54,55,56)/b44-31+,45-38-. The summed E-state index contributed by atoms with van der Waals surface area (Å²) in [4.78, 5) is 24.6. The van der Waals surface area contributed by atoms with Gasteiger partial charge in [0, 0.05) is 22.5 Å². The second kappa shape index (κ2) is 16.2. The van der Waals surface area contributed by atoms with Gasteiger partial charge in [-0.1, -0.05) is 42.5 Å². The zero-order valence-electron chi connectivity index (χ0n) is 31.5. The molecule has 312 valence electrons. The highest BCUT2D eigenvalue weighted by Gasteiger charge is 2.36. The topological polar surface area (TPSA) is 277 Å². The number of benzene rings is 5. The van der Waals surface area contributed by atoms with Crippen LogP contribution in [-0.2, 0) is 30.4 Å². The first-order chi connectivity index (χ1) is 28.9. The lowest BCUT2D eigenvalue weighted by molar-refractivity contribution is 0.105. The quantitative estimate of drug-likeness (QED) is 0.0606. The fourth-order valence-electron chi connectivity index (χ4n) is 6.45. The number of carbonyl (C=O) groups excluding carboxylic acids is 2. The van der Waals surface area contributed by atoms with Crippen molar-refractivity contribution in [1.82, 2.24) is 0 Å². The summed E-state index contributed by atoms with van der Waals surface area (Å²) in [5.74, 6) is -1.47. The van der Waals surface area contributed by atoms with Crippen LogP contribution < -0.4 is 25.6 Å². The fraction of sp³-hybridized carbons (Fsp3) is 0.0500. The molecule has 2 aliphatic carbocycles. The number of anilines is 4. The molecule has 6 N–H and O–H groups in total. The molecule has 0 radical (unpaired) electrons. The van der Waals surface area contributed by atoms with Gasteiger partial charge in [0.05, 0.1) is 31.2 Å². The van der Waals surface area contributed by atoms with E-state index in [0.29, 0.717) is 16.8 Å². The van der Waals surface area contributed by atoms with E-state index in [9.17, 15) is 48.5 Å². The van der Waals surface area contributed by atoms with Crippen LogP contribution >= 0.6 is 0 Å². The van der Waals surface area contributed by atoms with Crippen LogP contribution in [0.2, 0.25) is 0 Å². The maximum atomic E-state index is 13.6. The van der Waals surface area contributed by atoms with E-state index in [1.807, 2.05) is 30.3 Å². The zero-order valence-corrected chi connectivity index (χ0v) is 34.0. The molecule has 0 amide bonds. The summed E-state index contributed by atoms with van der Waals surface area (Å²) in [6.45, 7) is 0. The Balaban J connectivity index is 1.15. The van der Waals surface area contributed by atoms with E-state index < -0.39 is 79.2 Å². The van der Waals surface area contributed by atoms with Gasteiger partial charge in [0.25, 0.3) is 30.4 Å². The smallest absolute Gasteiger partial charge is 0.296 e. The Morgan fingerprint density at radius 3 is 1.74 bits per heavy atom. The summed E-state index contributed by atoms with van der Waals surface area (Å²) in [6, 6.07) is 26.4. The largest absolute Gasteiger partial charge is 0.494 e. The number of nitrogens with zero attached hydrogens (tertiary/aromatic N) is 2. The van der Waals surface area contributed by atoms with Crippen LogP contribution in [0.25, 0.3) is 22.1 Å². The summed E-state index contributed by atoms with van der Waals surface area (Å²) in [5, 5.41) is 11.2. The van der Waals surface area contributed by atoms with Crippen molar-refractivity contribution in [1.29, 1.82) is 0 Å². The van der Waals surface area contributed by atoms with Gasteiger partial charge in [0.1, 0.15) is 31.9 Å². The molecule has 0 spiro atoms. The minimum absolute atomic E-state index is 0.147. The van der Waals surface area contributed by atoms with Crippen LogP contribution in [0, 0.1) is 0 Å². The number of hydrazone groups is 2. The lowest BCUT2D eigenvalue weighted by Crippen LogP contribution is -2.27. The highest BCUT2D eigenvalue weighted by Crippen LogP contribution is 2.37. The van der Waals surface area contributed by atoms with E-state index in [4.69, 9.17) is 9.47 Å². The van der Waals surface area contributed by atoms with Gasteiger partial charge in [0.15, 0.2) is 5.71 Å². The number of carbonyl (C=O) groups is 2. The van der Waals surface area contributed by atoms with Crippen LogP contribution in [0.1, 0.15) is 31.8 Å². The number of allylic oxidation sites excluding steroid dienone is 2. The molecule has 0 heterocycles. The van der Waals surface area contributed by atoms with Crippen molar-refractivity contribution in [2.45, 2.75) is 4.90 Å². The van der Waals surface area contributed by atoms with Crippen molar-refractivity contribution in [3.63, 3.8) is 0 Å². The number of hydrogen-bond donors (Lipinski definition) is 6. The average Bonchev–Trinajstić information content (AvgIpc) is 3.22. The third kappa shape index (κ3) is 8.68. The lowest BCUT2D eigenvalue weighted by atomic mass is 9.94. The van der Waals surface area contributed by atoms with Crippen LogP contribution in [-0.4, -0.2) is 76.1 Å². The maximum absolute atomic E-state index is 13.6.